The van der Waals surface area contributed by atoms with Crippen molar-refractivity contribution < 1.29 is 19.4 Å². The molecule has 1 rings (SSSR count). The van der Waals surface area contributed by atoms with Gasteiger partial charge in [-0.15, -0.1) is 0 Å². The van der Waals surface area contributed by atoms with E-state index in [9.17, 15) is 9.90 Å². The van der Waals surface area contributed by atoms with E-state index in [1.807, 2.05) is 0 Å². The number of carbonyl (C=O) groups is 1. The number of hydrogen-bond acceptors (Lipinski definition) is 4. The maximum absolute atomic E-state index is 11.2. The number of aliphatic hydroxyl groups excluding tert-OH is 1. The van der Waals surface area contributed by atoms with Gasteiger partial charge in [0.1, 0.15) is 6.10 Å². The van der Waals surface area contributed by atoms with Crippen molar-refractivity contribution in [3.05, 3.63) is 0 Å². The molecule has 1 heterocycles. The predicted molar refractivity (Wildman–Crippen MR) is 83.1 cm³/mol. The van der Waals surface area contributed by atoms with Crippen LogP contribution < -0.4 is 0 Å². The number of ether oxygens (including phenoxy) is 2. The van der Waals surface area contributed by atoms with E-state index in [0.717, 1.165) is 51.4 Å². The fourth-order valence-corrected chi connectivity index (χ4v) is 2.97. The Balaban J connectivity index is 2.46. The monoisotopic (exact) mass is 300 g/mol. The van der Waals surface area contributed by atoms with E-state index in [2.05, 4.69) is 13.8 Å². The second-order valence-corrected chi connectivity index (χ2v) is 6.16. The topological polar surface area (TPSA) is 55.8 Å². The Bertz CT molecular complexity index is 293. The molecule has 1 aliphatic rings. The third-order valence-electron chi connectivity index (χ3n) is 4.17. The van der Waals surface area contributed by atoms with Gasteiger partial charge in [0.15, 0.2) is 0 Å². The normalized spacial score (nSPS) is 26.8. The van der Waals surface area contributed by atoms with Gasteiger partial charge in [-0.3, -0.25) is 4.79 Å². The number of esters is 1. The first kappa shape index (κ1) is 18.4. The minimum absolute atomic E-state index is 0.0497. The first-order valence-corrected chi connectivity index (χ1v) is 8.59. The van der Waals surface area contributed by atoms with Crippen molar-refractivity contribution in [1.29, 1.82) is 0 Å². The molecule has 21 heavy (non-hydrogen) atoms. The Morgan fingerprint density at radius 2 is 1.90 bits per heavy atom. The zero-order chi connectivity index (χ0) is 15.7. The van der Waals surface area contributed by atoms with Crippen molar-refractivity contribution in [2.45, 2.75) is 103 Å². The molecule has 0 aromatic heterocycles. The average Bonchev–Trinajstić information content (AvgIpc) is 2.82. The summed E-state index contributed by atoms with van der Waals surface area (Å²) in [5.41, 5.74) is 0. The van der Waals surface area contributed by atoms with E-state index < -0.39 is 6.10 Å². The van der Waals surface area contributed by atoms with Crippen molar-refractivity contribution in [1.82, 2.24) is 0 Å². The third kappa shape index (κ3) is 6.79. The molecule has 4 nitrogen and oxygen atoms in total. The summed E-state index contributed by atoms with van der Waals surface area (Å²) in [7, 11) is 0. The van der Waals surface area contributed by atoms with E-state index in [1.165, 1.54) is 6.92 Å². The van der Waals surface area contributed by atoms with Gasteiger partial charge < -0.3 is 14.6 Å². The summed E-state index contributed by atoms with van der Waals surface area (Å²) in [4.78, 5) is 11.2. The van der Waals surface area contributed by atoms with Crippen molar-refractivity contribution in [2.75, 3.05) is 0 Å². The maximum atomic E-state index is 11.2. The van der Waals surface area contributed by atoms with Crippen LogP contribution in [0, 0.1) is 0 Å². The zero-order valence-corrected chi connectivity index (χ0v) is 13.8. The molecular weight excluding hydrogens is 268 g/mol. The van der Waals surface area contributed by atoms with Crippen LogP contribution in [-0.2, 0) is 14.3 Å². The van der Waals surface area contributed by atoms with Crippen LogP contribution in [0.2, 0.25) is 0 Å². The molecule has 0 amide bonds. The summed E-state index contributed by atoms with van der Waals surface area (Å²) < 4.78 is 11.4. The van der Waals surface area contributed by atoms with Gasteiger partial charge in [0.05, 0.1) is 18.3 Å². The number of hydrogen-bond donors (Lipinski definition) is 1. The van der Waals surface area contributed by atoms with Crippen LogP contribution in [0.4, 0.5) is 0 Å². The van der Waals surface area contributed by atoms with Crippen LogP contribution in [0.1, 0.15) is 78.6 Å². The highest BCUT2D eigenvalue weighted by molar-refractivity contribution is 5.66. The molecule has 0 bridgehead atoms. The molecule has 0 aliphatic carbocycles. The molecule has 1 fully saturated rings. The van der Waals surface area contributed by atoms with Crippen molar-refractivity contribution in [2.24, 2.45) is 0 Å². The number of unbranched alkanes of at least 4 members (excludes halogenated alkanes) is 4. The number of rotatable bonds is 10. The van der Waals surface area contributed by atoms with Gasteiger partial charge in [-0.25, -0.2) is 0 Å². The molecule has 0 spiro atoms. The molecule has 0 aromatic rings. The first-order chi connectivity index (χ1) is 10.1. The summed E-state index contributed by atoms with van der Waals surface area (Å²) in [6, 6.07) is 0. The number of aliphatic hydroxyl groups is 1. The van der Waals surface area contributed by atoms with E-state index in [0.29, 0.717) is 6.42 Å². The molecule has 1 saturated heterocycles. The molecule has 0 saturated carbocycles. The SMILES string of the molecule is CCCCC[C@H](O)[C@H]1C[C@@H](OC(C)=O)[C@@H](CCCCC)O1. The molecule has 1 aliphatic heterocycles. The van der Waals surface area contributed by atoms with Crippen LogP contribution in [0.15, 0.2) is 0 Å². The van der Waals surface area contributed by atoms with E-state index in [1.54, 1.807) is 0 Å². The molecule has 0 radical (unpaired) electrons. The van der Waals surface area contributed by atoms with Crippen LogP contribution in [0.3, 0.4) is 0 Å². The lowest BCUT2D eigenvalue weighted by atomic mass is 10.0. The highest BCUT2D eigenvalue weighted by Crippen LogP contribution is 2.30. The minimum atomic E-state index is -0.439. The quantitative estimate of drug-likeness (QED) is 0.495. The van der Waals surface area contributed by atoms with Crippen LogP contribution >= 0.6 is 0 Å². The molecule has 4 heteroatoms. The van der Waals surface area contributed by atoms with Crippen LogP contribution in [0.5, 0.6) is 0 Å². The van der Waals surface area contributed by atoms with Gasteiger partial charge in [-0.2, -0.15) is 0 Å². The largest absolute Gasteiger partial charge is 0.460 e. The lowest BCUT2D eigenvalue weighted by Crippen LogP contribution is -2.26. The third-order valence-corrected chi connectivity index (χ3v) is 4.17. The second kappa shape index (κ2) is 10.2. The van der Waals surface area contributed by atoms with E-state index >= 15 is 0 Å². The predicted octanol–water partition coefficient (Wildman–Crippen LogP) is 3.60. The van der Waals surface area contributed by atoms with Gasteiger partial charge in [0.25, 0.3) is 0 Å². The van der Waals surface area contributed by atoms with Gasteiger partial charge in [0.2, 0.25) is 0 Å². The lowest BCUT2D eigenvalue weighted by Gasteiger charge is -2.19. The molecule has 1 N–H and O–H groups in total. The Morgan fingerprint density at radius 1 is 1.24 bits per heavy atom. The van der Waals surface area contributed by atoms with Crippen LogP contribution in [0.25, 0.3) is 0 Å². The van der Waals surface area contributed by atoms with Gasteiger partial charge >= 0.3 is 5.97 Å². The number of carbonyl (C=O) groups excluding carboxylic acids is 1. The van der Waals surface area contributed by atoms with Crippen LogP contribution in [-0.4, -0.2) is 35.5 Å². The Hall–Kier alpha value is -0.610. The lowest BCUT2D eigenvalue weighted by molar-refractivity contribution is -0.149. The highest BCUT2D eigenvalue weighted by atomic mass is 16.6. The highest BCUT2D eigenvalue weighted by Gasteiger charge is 2.39. The Morgan fingerprint density at radius 3 is 2.52 bits per heavy atom. The minimum Gasteiger partial charge on any atom is -0.460 e. The molecule has 4 atom stereocenters. The molecule has 0 aromatic carbocycles. The molecule has 124 valence electrons. The summed E-state index contributed by atoms with van der Waals surface area (Å²) in [5.74, 6) is -0.259. The average molecular weight is 300 g/mol. The summed E-state index contributed by atoms with van der Waals surface area (Å²) in [6.07, 6.45) is 8.16. The van der Waals surface area contributed by atoms with Gasteiger partial charge in [-0.05, 0) is 12.8 Å². The second-order valence-electron chi connectivity index (χ2n) is 6.16. The van der Waals surface area contributed by atoms with Gasteiger partial charge in [-0.1, -0.05) is 52.4 Å². The fourth-order valence-electron chi connectivity index (χ4n) is 2.97. The summed E-state index contributed by atoms with van der Waals surface area (Å²) in [5, 5.41) is 10.3. The molecule has 0 unspecified atom stereocenters. The Kier molecular flexibility index (Phi) is 8.93. The van der Waals surface area contributed by atoms with Crippen molar-refractivity contribution in [3.63, 3.8) is 0 Å². The summed E-state index contributed by atoms with van der Waals surface area (Å²) >= 11 is 0. The maximum Gasteiger partial charge on any atom is 0.302 e. The summed E-state index contributed by atoms with van der Waals surface area (Å²) in [6.45, 7) is 5.76. The fraction of sp³-hybridized carbons (Fsp3) is 0.941. The molecular formula is C17H32O4. The zero-order valence-electron chi connectivity index (χ0n) is 13.8. The van der Waals surface area contributed by atoms with E-state index in [4.69, 9.17) is 9.47 Å². The first-order valence-electron chi connectivity index (χ1n) is 8.59. The van der Waals surface area contributed by atoms with Crippen molar-refractivity contribution in [3.8, 4) is 0 Å². The van der Waals surface area contributed by atoms with Gasteiger partial charge in [0, 0.05) is 13.3 Å². The smallest absolute Gasteiger partial charge is 0.302 e. The van der Waals surface area contributed by atoms with Crippen molar-refractivity contribution >= 4 is 5.97 Å². The Labute approximate surface area is 129 Å². The standard InChI is InChI=1S/C17H32O4/c1-4-6-8-10-14(19)16-12-17(20-13(3)18)15(21-16)11-9-7-5-2/h14-17,19H,4-12H2,1-3H3/t14-,15+,16+,17+/m0/s1. The van der Waals surface area contributed by atoms with E-state index in [-0.39, 0.29) is 24.3 Å².